The van der Waals surface area contributed by atoms with Crippen LogP contribution in [-0.4, -0.2) is 61.0 Å². The number of hydrogen-bond acceptors (Lipinski definition) is 6. The molecule has 8 nitrogen and oxygen atoms in total. The first kappa shape index (κ1) is 21.8. The molecule has 0 spiro atoms. The van der Waals surface area contributed by atoms with Gasteiger partial charge in [-0.1, -0.05) is 17.7 Å². The predicted molar refractivity (Wildman–Crippen MR) is 109 cm³/mol. The summed E-state index contributed by atoms with van der Waals surface area (Å²) in [4.78, 5) is 27.4. The van der Waals surface area contributed by atoms with Gasteiger partial charge in [0.25, 0.3) is 11.6 Å². The molecule has 0 bridgehead atoms. The Bertz CT molecular complexity index is 943. The maximum Gasteiger partial charge on any atom is 0.286 e. The summed E-state index contributed by atoms with van der Waals surface area (Å²) in [5, 5.41) is 11.8. The van der Waals surface area contributed by atoms with Crippen molar-refractivity contribution in [2.45, 2.75) is 6.54 Å². The normalized spacial score (nSPS) is 14.5. The highest BCUT2D eigenvalue weighted by atomic mass is 35.5. The zero-order valence-corrected chi connectivity index (χ0v) is 17.3. The SMILES string of the molecule is COc1cc(C(=O)N2CCN(Cc3c(F)cccc3Cl)CC2)c([N+](=O)[O-])cc1OC. The van der Waals surface area contributed by atoms with Crippen molar-refractivity contribution in [3.05, 3.63) is 62.4 Å². The molecular formula is C20H21ClFN3O5. The van der Waals surface area contributed by atoms with Crippen LogP contribution >= 0.6 is 11.6 Å². The van der Waals surface area contributed by atoms with Crippen LogP contribution in [-0.2, 0) is 6.54 Å². The van der Waals surface area contributed by atoms with Gasteiger partial charge >= 0.3 is 0 Å². The van der Waals surface area contributed by atoms with Crippen LogP contribution in [0.2, 0.25) is 5.02 Å². The minimum absolute atomic E-state index is 0.0664. The number of amides is 1. The number of nitro groups is 1. The van der Waals surface area contributed by atoms with E-state index in [1.807, 2.05) is 4.90 Å². The van der Waals surface area contributed by atoms with Gasteiger partial charge < -0.3 is 14.4 Å². The Morgan fingerprint density at radius 2 is 1.80 bits per heavy atom. The summed E-state index contributed by atoms with van der Waals surface area (Å²) in [6.45, 7) is 1.98. The number of carbonyl (C=O) groups excluding carboxylic acids is 1. The van der Waals surface area contributed by atoms with E-state index in [4.69, 9.17) is 21.1 Å². The van der Waals surface area contributed by atoms with Crippen molar-refractivity contribution in [2.24, 2.45) is 0 Å². The number of carbonyl (C=O) groups is 1. The molecule has 1 saturated heterocycles. The lowest BCUT2D eigenvalue weighted by Gasteiger charge is -2.35. The molecule has 0 saturated carbocycles. The third-order valence-electron chi connectivity index (χ3n) is 5.03. The van der Waals surface area contributed by atoms with E-state index >= 15 is 0 Å². The van der Waals surface area contributed by atoms with Gasteiger partial charge in [-0.05, 0) is 12.1 Å². The summed E-state index contributed by atoms with van der Waals surface area (Å²) in [5.41, 5.74) is -0.00376. The first-order chi connectivity index (χ1) is 14.3. The summed E-state index contributed by atoms with van der Waals surface area (Å²) in [7, 11) is 2.76. The van der Waals surface area contributed by atoms with Gasteiger partial charge in [-0.15, -0.1) is 0 Å². The highest BCUT2D eigenvalue weighted by molar-refractivity contribution is 6.31. The number of benzene rings is 2. The fourth-order valence-electron chi connectivity index (χ4n) is 3.38. The van der Waals surface area contributed by atoms with Crippen LogP contribution in [0.5, 0.6) is 11.5 Å². The van der Waals surface area contributed by atoms with Crippen LogP contribution < -0.4 is 9.47 Å². The largest absolute Gasteiger partial charge is 0.493 e. The van der Waals surface area contributed by atoms with Crippen molar-refractivity contribution in [3.63, 3.8) is 0 Å². The van der Waals surface area contributed by atoms with Crippen molar-refractivity contribution in [1.82, 2.24) is 9.80 Å². The minimum atomic E-state index is -0.619. The van der Waals surface area contributed by atoms with Gasteiger partial charge in [-0.2, -0.15) is 0 Å². The molecule has 3 rings (SSSR count). The molecule has 1 aliphatic heterocycles. The van der Waals surface area contributed by atoms with E-state index in [0.29, 0.717) is 43.3 Å². The highest BCUT2D eigenvalue weighted by Gasteiger charge is 2.30. The molecule has 0 aromatic heterocycles. The molecule has 1 fully saturated rings. The number of halogens is 2. The molecule has 0 radical (unpaired) electrons. The second kappa shape index (κ2) is 9.27. The lowest BCUT2D eigenvalue weighted by Crippen LogP contribution is -2.48. The maximum atomic E-state index is 14.0. The number of hydrogen-bond donors (Lipinski definition) is 0. The van der Waals surface area contributed by atoms with E-state index in [9.17, 15) is 19.3 Å². The van der Waals surface area contributed by atoms with Crippen LogP contribution in [0, 0.1) is 15.9 Å². The van der Waals surface area contributed by atoms with Gasteiger partial charge in [0.05, 0.1) is 25.2 Å². The second-order valence-electron chi connectivity index (χ2n) is 6.75. The third kappa shape index (κ3) is 4.47. The zero-order valence-electron chi connectivity index (χ0n) is 16.6. The smallest absolute Gasteiger partial charge is 0.286 e. The van der Waals surface area contributed by atoms with E-state index in [1.54, 1.807) is 12.1 Å². The van der Waals surface area contributed by atoms with Crippen LogP contribution in [0.1, 0.15) is 15.9 Å². The number of ether oxygens (including phenoxy) is 2. The second-order valence-corrected chi connectivity index (χ2v) is 7.16. The molecule has 1 heterocycles. The molecule has 0 N–H and O–H groups in total. The number of nitro benzene ring substituents is 1. The number of nitrogens with zero attached hydrogens (tertiary/aromatic N) is 3. The summed E-state index contributed by atoms with van der Waals surface area (Å²) < 4.78 is 24.3. The van der Waals surface area contributed by atoms with E-state index in [0.717, 1.165) is 0 Å². The summed E-state index contributed by atoms with van der Waals surface area (Å²) in [5.74, 6) is -0.431. The van der Waals surface area contributed by atoms with Gasteiger partial charge in [-0.25, -0.2) is 4.39 Å². The summed E-state index contributed by atoms with van der Waals surface area (Å²) >= 11 is 6.09. The van der Waals surface area contributed by atoms with Gasteiger partial charge in [-0.3, -0.25) is 19.8 Å². The number of piperazine rings is 1. The standard InChI is InChI=1S/C20H21ClFN3O5/c1-29-18-10-13(17(25(27)28)11-19(18)30-2)20(26)24-8-6-23(7-9-24)12-14-15(21)4-3-5-16(14)22/h3-5,10-11H,6-9,12H2,1-2H3. The molecule has 0 atom stereocenters. The van der Waals surface area contributed by atoms with Gasteiger partial charge in [0.2, 0.25) is 0 Å². The summed E-state index contributed by atoms with van der Waals surface area (Å²) in [6.07, 6.45) is 0. The fourth-order valence-corrected chi connectivity index (χ4v) is 3.60. The molecule has 2 aromatic carbocycles. The van der Waals surface area contributed by atoms with E-state index < -0.39 is 10.8 Å². The first-order valence-corrected chi connectivity index (χ1v) is 9.58. The van der Waals surface area contributed by atoms with Gasteiger partial charge in [0.1, 0.15) is 11.4 Å². The lowest BCUT2D eigenvalue weighted by molar-refractivity contribution is -0.385. The van der Waals surface area contributed by atoms with Crippen LogP contribution in [0.3, 0.4) is 0 Å². The first-order valence-electron chi connectivity index (χ1n) is 9.20. The molecule has 30 heavy (non-hydrogen) atoms. The maximum absolute atomic E-state index is 14.0. The van der Waals surface area contributed by atoms with Crippen LogP contribution in [0.15, 0.2) is 30.3 Å². The molecule has 10 heteroatoms. The van der Waals surface area contributed by atoms with Crippen molar-refractivity contribution in [1.29, 1.82) is 0 Å². The quantitative estimate of drug-likeness (QED) is 0.509. The monoisotopic (exact) mass is 437 g/mol. The average molecular weight is 438 g/mol. The van der Waals surface area contributed by atoms with E-state index in [2.05, 4.69) is 0 Å². The third-order valence-corrected chi connectivity index (χ3v) is 5.39. The Balaban J connectivity index is 1.74. The Morgan fingerprint density at radius 1 is 1.17 bits per heavy atom. The topological polar surface area (TPSA) is 85.2 Å². The number of methoxy groups -OCH3 is 2. The van der Waals surface area contributed by atoms with Crippen molar-refractivity contribution < 1.29 is 23.6 Å². The Hall–Kier alpha value is -2.91. The van der Waals surface area contributed by atoms with Crippen LogP contribution in [0.4, 0.5) is 10.1 Å². The van der Waals surface area contributed by atoms with E-state index in [-0.39, 0.29) is 28.6 Å². The van der Waals surface area contributed by atoms with Gasteiger partial charge in [0.15, 0.2) is 11.5 Å². The average Bonchev–Trinajstić information content (AvgIpc) is 2.75. The van der Waals surface area contributed by atoms with Gasteiger partial charge in [0, 0.05) is 49.4 Å². The Labute approximate surface area is 177 Å². The molecule has 0 aliphatic carbocycles. The number of rotatable bonds is 6. The van der Waals surface area contributed by atoms with Crippen molar-refractivity contribution in [2.75, 3.05) is 40.4 Å². The fraction of sp³-hybridized carbons (Fsp3) is 0.350. The zero-order chi connectivity index (χ0) is 21.8. The molecular weight excluding hydrogens is 417 g/mol. The van der Waals surface area contributed by atoms with E-state index in [1.165, 1.54) is 37.3 Å². The highest BCUT2D eigenvalue weighted by Crippen LogP contribution is 2.35. The van der Waals surface area contributed by atoms with Crippen molar-refractivity contribution >= 4 is 23.2 Å². The van der Waals surface area contributed by atoms with Crippen LogP contribution in [0.25, 0.3) is 0 Å². The molecule has 1 aliphatic rings. The Kier molecular flexibility index (Phi) is 6.73. The predicted octanol–water partition coefficient (Wildman–Crippen LogP) is 3.36. The lowest BCUT2D eigenvalue weighted by atomic mass is 10.1. The Morgan fingerprint density at radius 3 is 2.37 bits per heavy atom. The summed E-state index contributed by atoms with van der Waals surface area (Å²) in [6, 6.07) is 7.05. The molecule has 2 aromatic rings. The molecule has 0 unspecified atom stereocenters. The minimum Gasteiger partial charge on any atom is -0.493 e. The van der Waals surface area contributed by atoms with Crippen molar-refractivity contribution in [3.8, 4) is 11.5 Å². The molecule has 1 amide bonds. The molecule has 160 valence electrons.